The summed E-state index contributed by atoms with van der Waals surface area (Å²) in [7, 11) is 1.97. The van der Waals surface area contributed by atoms with Gasteiger partial charge in [0, 0.05) is 31.6 Å². The number of imidazole rings is 1. The van der Waals surface area contributed by atoms with Crippen molar-refractivity contribution < 1.29 is 4.74 Å². The van der Waals surface area contributed by atoms with Crippen molar-refractivity contribution in [3.8, 4) is 5.75 Å². The highest BCUT2D eigenvalue weighted by atomic mass is 16.5. The first-order chi connectivity index (χ1) is 8.29. The van der Waals surface area contributed by atoms with E-state index in [0.29, 0.717) is 6.61 Å². The minimum absolute atomic E-state index is 0.628. The van der Waals surface area contributed by atoms with E-state index >= 15 is 0 Å². The zero-order chi connectivity index (χ0) is 12.1. The minimum atomic E-state index is 0.628. The molecule has 0 radical (unpaired) electrons. The Labute approximate surface area is 100 Å². The van der Waals surface area contributed by atoms with Crippen LogP contribution < -0.4 is 4.74 Å². The molecule has 1 aromatic carbocycles. The third-order valence-corrected chi connectivity index (χ3v) is 2.59. The molecule has 0 fully saturated rings. The zero-order valence-corrected chi connectivity index (χ0v) is 9.76. The van der Waals surface area contributed by atoms with Crippen LogP contribution in [-0.2, 0) is 13.5 Å². The van der Waals surface area contributed by atoms with Crippen LogP contribution in [0.15, 0.2) is 36.8 Å². The van der Waals surface area contributed by atoms with Crippen molar-refractivity contribution in [3.05, 3.63) is 48.0 Å². The number of ether oxygens (including phenoxy) is 1. The van der Waals surface area contributed by atoms with E-state index < -0.39 is 0 Å². The van der Waals surface area contributed by atoms with Crippen molar-refractivity contribution in [2.75, 3.05) is 6.61 Å². The highest BCUT2D eigenvalue weighted by molar-refractivity contribution is 5.76. The molecule has 4 heteroatoms. The summed E-state index contributed by atoms with van der Waals surface area (Å²) in [6.45, 7) is 0.628. The molecule has 17 heavy (non-hydrogen) atoms. The predicted molar refractivity (Wildman–Crippen MR) is 66.7 cm³/mol. The maximum atomic E-state index is 7.09. The summed E-state index contributed by atoms with van der Waals surface area (Å²) in [5, 5.41) is 7.09. The van der Waals surface area contributed by atoms with Crippen LogP contribution in [0.2, 0.25) is 0 Å². The lowest BCUT2D eigenvalue weighted by atomic mass is 10.2. The van der Waals surface area contributed by atoms with Gasteiger partial charge in [-0.25, -0.2) is 4.98 Å². The quantitative estimate of drug-likeness (QED) is 0.798. The van der Waals surface area contributed by atoms with Gasteiger partial charge in [-0.2, -0.15) is 0 Å². The first-order valence-corrected chi connectivity index (χ1v) is 5.48. The van der Waals surface area contributed by atoms with Crippen molar-refractivity contribution in [1.82, 2.24) is 9.55 Å². The molecule has 1 heterocycles. The number of benzene rings is 1. The van der Waals surface area contributed by atoms with E-state index in [1.807, 2.05) is 42.1 Å². The van der Waals surface area contributed by atoms with Gasteiger partial charge in [0.2, 0.25) is 0 Å². The monoisotopic (exact) mass is 229 g/mol. The molecule has 0 saturated carbocycles. The van der Waals surface area contributed by atoms with Crippen LogP contribution in [0.5, 0.6) is 5.75 Å². The maximum absolute atomic E-state index is 7.09. The van der Waals surface area contributed by atoms with E-state index in [2.05, 4.69) is 4.98 Å². The lowest BCUT2D eigenvalue weighted by Gasteiger charge is -2.06. The summed E-state index contributed by atoms with van der Waals surface area (Å²) in [6.07, 6.45) is 5.79. The minimum Gasteiger partial charge on any atom is -0.493 e. The fourth-order valence-electron chi connectivity index (χ4n) is 1.56. The molecular formula is C13H15N3O. The van der Waals surface area contributed by atoms with Gasteiger partial charge in [0.1, 0.15) is 5.75 Å². The number of rotatable bonds is 5. The number of hydrogen-bond donors (Lipinski definition) is 1. The Balaban J connectivity index is 1.85. The molecule has 0 aliphatic heterocycles. The van der Waals surface area contributed by atoms with E-state index in [-0.39, 0.29) is 0 Å². The van der Waals surface area contributed by atoms with Gasteiger partial charge in [-0.1, -0.05) is 0 Å². The van der Waals surface area contributed by atoms with Gasteiger partial charge in [-0.15, -0.1) is 0 Å². The molecular weight excluding hydrogens is 214 g/mol. The molecule has 2 aromatic rings. The highest BCUT2D eigenvalue weighted by Crippen LogP contribution is 2.11. The molecule has 0 unspecified atom stereocenters. The number of nitrogens with zero attached hydrogens (tertiary/aromatic N) is 2. The lowest BCUT2D eigenvalue weighted by molar-refractivity contribution is 0.319. The molecule has 2 rings (SSSR count). The Morgan fingerprint density at radius 1 is 1.35 bits per heavy atom. The van der Waals surface area contributed by atoms with Crippen molar-refractivity contribution in [2.24, 2.45) is 7.05 Å². The second-order valence-electron chi connectivity index (χ2n) is 3.81. The van der Waals surface area contributed by atoms with E-state index in [4.69, 9.17) is 10.1 Å². The molecule has 4 nitrogen and oxygen atoms in total. The van der Waals surface area contributed by atoms with Gasteiger partial charge in [0.15, 0.2) is 0 Å². The third kappa shape index (κ3) is 2.93. The summed E-state index contributed by atoms with van der Waals surface area (Å²) >= 11 is 0. The molecule has 0 saturated heterocycles. The van der Waals surface area contributed by atoms with E-state index in [9.17, 15) is 0 Å². The lowest BCUT2D eigenvalue weighted by Crippen LogP contribution is -2.04. The van der Waals surface area contributed by atoms with Crippen molar-refractivity contribution in [2.45, 2.75) is 6.42 Å². The number of nitrogens with one attached hydrogen (secondary N) is 1. The highest BCUT2D eigenvalue weighted by Gasteiger charge is 1.99. The normalized spacial score (nSPS) is 10.2. The maximum Gasteiger partial charge on any atom is 0.119 e. The molecule has 0 aliphatic rings. The van der Waals surface area contributed by atoms with E-state index in [0.717, 1.165) is 23.4 Å². The Morgan fingerprint density at radius 3 is 2.71 bits per heavy atom. The molecule has 0 bridgehead atoms. The van der Waals surface area contributed by atoms with Crippen LogP contribution in [0.25, 0.3) is 0 Å². The summed E-state index contributed by atoms with van der Waals surface area (Å²) < 4.78 is 7.61. The number of aryl methyl sites for hydroxylation is 1. The second kappa shape index (κ2) is 5.30. The average Bonchev–Trinajstić information content (AvgIpc) is 2.76. The van der Waals surface area contributed by atoms with Crippen LogP contribution in [0.4, 0.5) is 0 Å². The van der Waals surface area contributed by atoms with Crippen LogP contribution in [0.1, 0.15) is 11.3 Å². The van der Waals surface area contributed by atoms with E-state index in [1.54, 1.807) is 6.33 Å². The molecule has 0 atom stereocenters. The third-order valence-electron chi connectivity index (χ3n) is 2.59. The Morgan fingerprint density at radius 2 is 2.12 bits per heavy atom. The van der Waals surface area contributed by atoms with E-state index in [1.165, 1.54) is 6.21 Å². The number of hydrogen-bond acceptors (Lipinski definition) is 3. The molecule has 88 valence electrons. The van der Waals surface area contributed by atoms with Gasteiger partial charge in [0.25, 0.3) is 0 Å². The van der Waals surface area contributed by atoms with Crippen molar-refractivity contribution >= 4 is 6.21 Å². The molecule has 0 amide bonds. The Kier molecular flexibility index (Phi) is 3.55. The van der Waals surface area contributed by atoms with Crippen LogP contribution in [-0.4, -0.2) is 22.4 Å². The van der Waals surface area contributed by atoms with Gasteiger partial charge >= 0.3 is 0 Å². The molecule has 0 aliphatic carbocycles. The number of aromatic nitrogens is 2. The molecule has 1 aromatic heterocycles. The van der Waals surface area contributed by atoms with Crippen molar-refractivity contribution in [3.63, 3.8) is 0 Å². The van der Waals surface area contributed by atoms with Crippen LogP contribution in [0, 0.1) is 5.41 Å². The molecule has 1 N–H and O–H groups in total. The SMILES string of the molecule is Cn1cncc1CCOc1ccc(C=N)cc1. The smallest absolute Gasteiger partial charge is 0.119 e. The Hall–Kier alpha value is -2.10. The summed E-state index contributed by atoms with van der Waals surface area (Å²) in [5.41, 5.74) is 2.03. The summed E-state index contributed by atoms with van der Waals surface area (Å²) in [4.78, 5) is 4.05. The fraction of sp³-hybridized carbons (Fsp3) is 0.231. The largest absolute Gasteiger partial charge is 0.493 e. The molecule has 0 spiro atoms. The first kappa shape index (κ1) is 11.4. The van der Waals surface area contributed by atoms with Crippen molar-refractivity contribution in [1.29, 1.82) is 5.41 Å². The van der Waals surface area contributed by atoms with Gasteiger partial charge < -0.3 is 14.7 Å². The standard InChI is InChI=1S/C13H15N3O/c1-16-10-15-9-12(16)6-7-17-13-4-2-11(8-14)3-5-13/h2-5,8-10,14H,6-7H2,1H3. The van der Waals surface area contributed by atoms with Gasteiger partial charge in [-0.05, 0) is 29.8 Å². The fourth-order valence-corrected chi connectivity index (χ4v) is 1.56. The van der Waals surface area contributed by atoms with Gasteiger partial charge in [0.05, 0.1) is 12.9 Å². The zero-order valence-electron chi connectivity index (χ0n) is 9.76. The second-order valence-corrected chi connectivity index (χ2v) is 3.81. The summed E-state index contributed by atoms with van der Waals surface area (Å²) in [6, 6.07) is 7.49. The topological polar surface area (TPSA) is 50.9 Å². The Bertz CT molecular complexity index is 488. The predicted octanol–water partition coefficient (Wildman–Crippen LogP) is 2.04. The summed E-state index contributed by atoms with van der Waals surface area (Å²) in [5.74, 6) is 0.831. The first-order valence-electron chi connectivity index (χ1n) is 5.48. The van der Waals surface area contributed by atoms with Gasteiger partial charge in [-0.3, -0.25) is 0 Å². The average molecular weight is 229 g/mol. The van der Waals surface area contributed by atoms with Crippen LogP contribution >= 0.6 is 0 Å². The van der Waals surface area contributed by atoms with Crippen LogP contribution in [0.3, 0.4) is 0 Å².